The highest BCUT2D eigenvalue weighted by Crippen LogP contribution is 2.30. The molecule has 104 valence electrons. The highest BCUT2D eigenvalue weighted by atomic mass is 79.9. The fraction of sp³-hybridized carbons (Fsp3) is 0.500. The minimum Gasteiger partial charge on any atom is -0.445 e. The van der Waals surface area contributed by atoms with Crippen LogP contribution in [-0.2, 0) is 11.3 Å². The van der Waals surface area contributed by atoms with Crippen molar-refractivity contribution >= 4 is 38.0 Å². The van der Waals surface area contributed by atoms with Gasteiger partial charge in [-0.25, -0.2) is 4.79 Å². The van der Waals surface area contributed by atoms with Gasteiger partial charge < -0.3 is 10.1 Å². The first kappa shape index (κ1) is 14.9. The monoisotopic (exact) mass is 389 g/mol. The Morgan fingerprint density at radius 3 is 2.63 bits per heavy atom. The number of benzene rings is 1. The zero-order valence-corrected chi connectivity index (χ0v) is 13.7. The number of ether oxygens (including phenoxy) is 1. The topological polar surface area (TPSA) is 38.3 Å². The Kier molecular flexibility index (Phi) is 5.70. The zero-order chi connectivity index (χ0) is 13.7. The van der Waals surface area contributed by atoms with Crippen molar-refractivity contribution in [3.63, 3.8) is 0 Å². The molecule has 3 atom stereocenters. The lowest BCUT2D eigenvalue weighted by Crippen LogP contribution is -2.41. The van der Waals surface area contributed by atoms with Crippen molar-refractivity contribution in [1.82, 2.24) is 5.32 Å². The summed E-state index contributed by atoms with van der Waals surface area (Å²) in [6.07, 6.45) is 2.63. The molecule has 0 heterocycles. The minimum absolute atomic E-state index is 0.196. The van der Waals surface area contributed by atoms with Gasteiger partial charge in [0, 0.05) is 15.7 Å². The maximum Gasteiger partial charge on any atom is 0.407 e. The van der Waals surface area contributed by atoms with Crippen molar-refractivity contribution in [3.05, 3.63) is 35.9 Å². The van der Waals surface area contributed by atoms with Gasteiger partial charge in [-0.05, 0) is 24.8 Å². The molecule has 0 bridgehead atoms. The molecule has 1 amide bonds. The van der Waals surface area contributed by atoms with Gasteiger partial charge in [0.05, 0.1) is 0 Å². The minimum atomic E-state index is -0.332. The molecule has 0 radical (unpaired) electrons. The van der Waals surface area contributed by atoms with Crippen LogP contribution in [0.2, 0.25) is 0 Å². The smallest absolute Gasteiger partial charge is 0.407 e. The Morgan fingerprint density at radius 1 is 1.21 bits per heavy atom. The van der Waals surface area contributed by atoms with Crippen molar-refractivity contribution < 1.29 is 9.53 Å². The summed E-state index contributed by atoms with van der Waals surface area (Å²) in [5, 5.41) is 2.93. The molecule has 19 heavy (non-hydrogen) atoms. The zero-order valence-electron chi connectivity index (χ0n) is 10.5. The Bertz CT molecular complexity index is 413. The quantitative estimate of drug-likeness (QED) is 0.792. The van der Waals surface area contributed by atoms with Crippen LogP contribution in [0.15, 0.2) is 30.3 Å². The third-order valence-corrected chi connectivity index (χ3v) is 6.05. The lowest BCUT2D eigenvalue weighted by atomic mass is 9.95. The predicted octanol–water partition coefficient (Wildman–Crippen LogP) is 3.99. The van der Waals surface area contributed by atoms with Gasteiger partial charge in [-0.15, -0.1) is 0 Å². The van der Waals surface area contributed by atoms with Gasteiger partial charge in [-0.2, -0.15) is 0 Å². The van der Waals surface area contributed by atoms with Gasteiger partial charge in [0.2, 0.25) is 0 Å². The van der Waals surface area contributed by atoms with Gasteiger partial charge in [-0.1, -0.05) is 62.2 Å². The highest BCUT2D eigenvalue weighted by Gasteiger charge is 2.28. The van der Waals surface area contributed by atoms with E-state index in [9.17, 15) is 4.79 Å². The number of carbonyl (C=O) groups is 1. The van der Waals surface area contributed by atoms with Crippen LogP contribution in [0.25, 0.3) is 0 Å². The summed E-state index contributed by atoms with van der Waals surface area (Å²) in [4.78, 5) is 12.6. The molecule has 1 N–H and O–H groups in total. The number of rotatable bonds is 3. The normalized spacial score (nSPS) is 26.7. The Morgan fingerprint density at radius 2 is 1.95 bits per heavy atom. The van der Waals surface area contributed by atoms with E-state index in [1.807, 2.05) is 30.3 Å². The molecule has 1 aromatic carbocycles. The fourth-order valence-corrected chi connectivity index (χ4v) is 3.34. The molecule has 0 aliphatic heterocycles. The van der Waals surface area contributed by atoms with Crippen molar-refractivity contribution in [2.45, 2.75) is 41.6 Å². The number of hydrogen-bond acceptors (Lipinski definition) is 2. The number of amides is 1. The van der Waals surface area contributed by atoms with E-state index in [0.29, 0.717) is 16.3 Å². The lowest BCUT2D eigenvalue weighted by Gasteiger charge is -2.29. The van der Waals surface area contributed by atoms with Gasteiger partial charge >= 0.3 is 6.09 Å². The molecule has 0 aromatic heterocycles. The predicted molar refractivity (Wildman–Crippen MR) is 82.8 cm³/mol. The van der Waals surface area contributed by atoms with E-state index in [2.05, 4.69) is 37.2 Å². The molecular formula is C14H17Br2NO2. The fourth-order valence-electron chi connectivity index (χ4n) is 2.14. The average molecular weight is 391 g/mol. The van der Waals surface area contributed by atoms with Gasteiger partial charge in [0.15, 0.2) is 0 Å². The summed E-state index contributed by atoms with van der Waals surface area (Å²) < 4.78 is 5.22. The number of hydrogen-bond donors (Lipinski definition) is 1. The van der Waals surface area contributed by atoms with Crippen LogP contribution in [0.5, 0.6) is 0 Å². The largest absolute Gasteiger partial charge is 0.445 e. The summed E-state index contributed by atoms with van der Waals surface area (Å²) in [5.74, 6) is 0. The second kappa shape index (κ2) is 7.29. The average Bonchev–Trinajstić information content (AvgIpc) is 2.42. The van der Waals surface area contributed by atoms with Crippen LogP contribution >= 0.6 is 31.9 Å². The molecular weight excluding hydrogens is 374 g/mol. The molecule has 3 nitrogen and oxygen atoms in total. The number of alkyl carbamates (subject to hydrolysis) is 1. The van der Waals surface area contributed by atoms with E-state index in [1.54, 1.807) is 0 Å². The van der Waals surface area contributed by atoms with Gasteiger partial charge in [0.25, 0.3) is 0 Å². The van der Waals surface area contributed by atoms with Crippen molar-refractivity contribution in [1.29, 1.82) is 0 Å². The van der Waals surface area contributed by atoms with Crippen molar-refractivity contribution in [3.8, 4) is 0 Å². The van der Waals surface area contributed by atoms with Crippen LogP contribution in [0.3, 0.4) is 0 Å². The van der Waals surface area contributed by atoms with Crippen LogP contribution in [0, 0.1) is 0 Å². The Labute approximate surface area is 130 Å². The number of nitrogens with one attached hydrogen (secondary N) is 1. The van der Waals surface area contributed by atoms with E-state index >= 15 is 0 Å². The van der Waals surface area contributed by atoms with Crippen LogP contribution < -0.4 is 5.32 Å². The van der Waals surface area contributed by atoms with Gasteiger partial charge in [-0.3, -0.25) is 0 Å². The summed E-state index contributed by atoms with van der Waals surface area (Å²) in [6, 6.07) is 9.89. The molecule has 0 spiro atoms. The third-order valence-electron chi connectivity index (χ3n) is 3.23. The van der Waals surface area contributed by atoms with E-state index in [4.69, 9.17) is 4.74 Å². The molecule has 1 aliphatic carbocycles. The number of alkyl halides is 2. The number of halogens is 2. The molecule has 1 aliphatic rings. The molecule has 1 saturated carbocycles. The van der Waals surface area contributed by atoms with E-state index in [1.165, 1.54) is 0 Å². The summed E-state index contributed by atoms with van der Waals surface area (Å²) in [6.45, 7) is 0.318. The highest BCUT2D eigenvalue weighted by molar-refractivity contribution is 9.12. The van der Waals surface area contributed by atoms with Crippen LogP contribution in [0.4, 0.5) is 4.79 Å². The third kappa shape index (κ3) is 4.80. The SMILES string of the molecule is O=C(N[C@H]1CC[C@@H](Br)[C@H](Br)C1)OCc1ccccc1. The molecule has 0 unspecified atom stereocenters. The lowest BCUT2D eigenvalue weighted by molar-refractivity contribution is 0.133. The van der Waals surface area contributed by atoms with E-state index in [-0.39, 0.29) is 12.1 Å². The van der Waals surface area contributed by atoms with Crippen LogP contribution in [0.1, 0.15) is 24.8 Å². The second-order valence-corrected chi connectivity index (χ2v) is 7.10. The molecule has 1 aromatic rings. The van der Waals surface area contributed by atoms with Crippen molar-refractivity contribution in [2.24, 2.45) is 0 Å². The van der Waals surface area contributed by atoms with E-state index in [0.717, 1.165) is 24.8 Å². The standard InChI is InChI=1S/C14H17Br2NO2/c15-12-7-6-11(8-13(12)16)17-14(18)19-9-10-4-2-1-3-5-10/h1-5,11-13H,6-9H2,(H,17,18)/t11-,12+,13+/m0/s1. The Balaban J connectivity index is 1.73. The molecule has 1 fully saturated rings. The first-order chi connectivity index (χ1) is 9.15. The molecule has 0 saturated heterocycles. The van der Waals surface area contributed by atoms with Crippen LogP contribution in [-0.4, -0.2) is 21.8 Å². The molecule has 5 heteroatoms. The summed E-state index contributed by atoms with van der Waals surface area (Å²) in [7, 11) is 0. The number of carbonyl (C=O) groups excluding carboxylic acids is 1. The summed E-state index contributed by atoms with van der Waals surface area (Å²) >= 11 is 7.24. The maximum absolute atomic E-state index is 11.7. The van der Waals surface area contributed by atoms with E-state index < -0.39 is 0 Å². The van der Waals surface area contributed by atoms with Gasteiger partial charge in [0.1, 0.15) is 6.61 Å². The maximum atomic E-state index is 11.7. The second-order valence-electron chi connectivity index (χ2n) is 4.75. The summed E-state index contributed by atoms with van der Waals surface area (Å²) in [5.41, 5.74) is 1.00. The first-order valence-corrected chi connectivity index (χ1v) is 8.23. The van der Waals surface area contributed by atoms with Crippen molar-refractivity contribution in [2.75, 3.05) is 0 Å². The Hall–Kier alpha value is -0.550. The first-order valence-electron chi connectivity index (χ1n) is 6.40. The molecule has 2 rings (SSSR count).